The first-order chi connectivity index (χ1) is 7.60. The number of halogens is 1. The van der Waals surface area contributed by atoms with E-state index in [0.29, 0.717) is 6.54 Å². The van der Waals surface area contributed by atoms with E-state index in [1.54, 1.807) is 0 Å². The van der Waals surface area contributed by atoms with E-state index >= 15 is 0 Å². The number of nitrogens with one attached hydrogen (secondary N) is 1. The summed E-state index contributed by atoms with van der Waals surface area (Å²) in [5.74, 6) is -0.000360. The highest BCUT2D eigenvalue weighted by atomic mass is 35.5. The van der Waals surface area contributed by atoms with Gasteiger partial charge in [-0.1, -0.05) is 29.8 Å². The number of benzene rings is 1. The highest BCUT2D eigenvalue weighted by Crippen LogP contribution is 2.31. The van der Waals surface area contributed by atoms with Crippen LogP contribution in [0.5, 0.6) is 0 Å². The number of hydrogen-bond donors (Lipinski definition) is 2. The number of amides is 1. The lowest BCUT2D eigenvalue weighted by molar-refractivity contribution is -0.123. The van der Waals surface area contributed by atoms with E-state index in [9.17, 15) is 4.79 Å². The van der Waals surface area contributed by atoms with Gasteiger partial charge in [0.25, 0.3) is 0 Å². The Hall–Kier alpha value is -1.06. The smallest absolute Gasteiger partial charge is 0.240 e. The molecule has 0 radical (unpaired) electrons. The average molecular weight is 255 g/mol. The van der Waals surface area contributed by atoms with Crippen molar-refractivity contribution < 1.29 is 4.79 Å². The summed E-state index contributed by atoms with van der Waals surface area (Å²) in [4.78, 5) is 11.5. The van der Waals surface area contributed by atoms with Crippen molar-refractivity contribution >= 4 is 18.3 Å². The fourth-order valence-corrected chi connectivity index (χ4v) is 1.61. The molecular weight excluding hydrogens is 236 g/mol. The second-order valence-corrected chi connectivity index (χ2v) is 4.65. The molecule has 0 aliphatic heterocycles. The van der Waals surface area contributed by atoms with Gasteiger partial charge in [0.05, 0.1) is 5.54 Å². The lowest BCUT2D eigenvalue weighted by Gasteiger charge is -2.09. The molecule has 0 atom stereocenters. The van der Waals surface area contributed by atoms with E-state index in [1.165, 1.54) is 11.1 Å². The molecule has 1 aromatic rings. The van der Waals surface area contributed by atoms with Crippen LogP contribution < -0.4 is 11.1 Å². The number of carbonyl (C=O) groups excluding carboxylic acids is 1. The average Bonchev–Trinajstić information content (AvgIpc) is 3.01. The molecule has 4 heteroatoms. The van der Waals surface area contributed by atoms with E-state index < -0.39 is 5.54 Å². The maximum atomic E-state index is 11.5. The molecule has 1 fully saturated rings. The van der Waals surface area contributed by atoms with Gasteiger partial charge in [0.2, 0.25) is 5.91 Å². The Morgan fingerprint density at radius 3 is 2.47 bits per heavy atom. The maximum Gasteiger partial charge on any atom is 0.240 e. The zero-order chi connectivity index (χ0) is 11.6. The molecule has 94 valence electrons. The molecule has 1 amide bonds. The van der Waals surface area contributed by atoms with Crippen LogP contribution in [-0.4, -0.2) is 18.0 Å². The fraction of sp³-hybridized carbons (Fsp3) is 0.462. The molecule has 0 spiro atoms. The Kier molecular flexibility index (Phi) is 4.54. The second-order valence-electron chi connectivity index (χ2n) is 4.65. The van der Waals surface area contributed by atoms with Gasteiger partial charge < -0.3 is 11.1 Å². The van der Waals surface area contributed by atoms with Crippen LogP contribution >= 0.6 is 12.4 Å². The first-order valence-electron chi connectivity index (χ1n) is 5.73. The lowest BCUT2D eigenvalue weighted by Crippen LogP contribution is -2.43. The van der Waals surface area contributed by atoms with Crippen LogP contribution in [0.3, 0.4) is 0 Å². The highest BCUT2D eigenvalue weighted by molar-refractivity contribution is 5.88. The van der Waals surface area contributed by atoms with Crippen LogP contribution in [0.25, 0.3) is 0 Å². The Balaban J connectivity index is 0.00000144. The van der Waals surface area contributed by atoms with E-state index in [-0.39, 0.29) is 18.3 Å². The molecule has 2 rings (SSSR count). The molecule has 3 nitrogen and oxygen atoms in total. The normalized spacial score (nSPS) is 15.9. The van der Waals surface area contributed by atoms with Crippen LogP contribution in [0.15, 0.2) is 24.3 Å². The summed E-state index contributed by atoms with van der Waals surface area (Å²) >= 11 is 0. The minimum absolute atomic E-state index is 0. The predicted octanol–water partition coefficient (Wildman–Crippen LogP) is 1.57. The summed E-state index contributed by atoms with van der Waals surface area (Å²) in [6, 6.07) is 8.36. The van der Waals surface area contributed by atoms with Gasteiger partial charge in [0.15, 0.2) is 0 Å². The first kappa shape index (κ1) is 14.0. The van der Waals surface area contributed by atoms with Crippen molar-refractivity contribution in [2.45, 2.75) is 31.7 Å². The van der Waals surface area contributed by atoms with Gasteiger partial charge in [-0.05, 0) is 31.7 Å². The Bertz CT molecular complexity index is 385. The minimum Gasteiger partial charge on any atom is -0.354 e. The van der Waals surface area contributed by atoms with Gasteiger partial charge in [0.1, 0.15) is 0 Å². The topological polar surface area (TPSA) is 55.1 Å². The monoisotopic (exact) mass is 254 g/mol. The molecule has 17 heavy (non-hydrogen) atoms. The van der Waals surface area contributed by atoms with Crippen LogP contribution in [0.1, 0.15) is 24.0 Å². The van der Waals surface area contributed by atoms with Crippen LogP contribution in [0.2, 0.25) is 0 Å². The summed E-state index contributed by atoms with van der Waals surface area (Å²) in [6.45, 7) is 2.73. The number of carbonyl (C=O) groups is 1. The largest absolute Gasteiger partial charge is 0.354 e. The van der Waals surface area contributed by atoms with Crippen LogP contribution in [0, 0.1) is 6.92 Å². The molecule has 1 saturated carbocycles. The molecule has 3 N–H and O–H groups in total. The molecule has 0 aromatic heterocycles. The summed E-state index contributed by atoms with van der Waals surface area (Å²) in [6.07, 6.45) is 2.51. The minimum atomic E-state index is -0.548. The second kappa shape index (κ2) is 5.52. The zero-order valence-corrected chi connectivity index (χ0v) is 10.8. The van der Waals surface area contributed by atoms with Crippen molar-refractivity contribution in [1.82, 2.24) is 5.32 Å². The number of nitrogens with two attached hydrogens (primary N) is 1. The van der Waals surface area contributed by atoms with Gasteiger partial charge in [-0.15, -0.1) is 12.4 Å². The molecular formula is C13H19ClN2O. The van der Waals surface area contributed by atoms with Crippen molar-refractivity contribution in [3.8, 4) is 0 Å². The highest BCUT2D eigenvalue weighted by Gasteiger charge is 2.45. The van der Waals surface area contributed by atoms with Crippen molar-refractivity contribution in [1.29, 1.82) is 0 Å². The lowest BCUT2D eigenvalue weighted by atomic mass is 10.1. The number of aryl methyl sites for hydroxylation is 1. The van der Waals surface area contributed by atoms with Crippen molar-refractivity contribution in [2.75, 3.05) is 6.54 Å². The summed E-state index contributed by atoms with van der Waals surface area (Å²) < 4.78 is 0. The van der Waals surface area contributed by atoms with E-state index in [1.807, 2.05) is 0 Å². The van der Waals surface area contributed by atoms with Gasteiger partial charge in [-0.25, -0.2) is 0 Å². The number of hydrogen-bond acceptors (Lipinski definition) is 2. The fourth-order valence-electron chi connectivity index (χ4n) is 1.61. The Morgan fingerprint density at radius 1 is 1.35 bits per heavy atom. The van der Waals surface area contributed by atoms with Crippen LogP contribution in [0.4, 0.5) is 0 Å². The summed E-state index contributed by atoms with van der Waals surface area (Å²) in [7, 11) is 0. The van der Waals surface area contributed by atoms with Crippen molar-refractivity contribution in [3.05, 3.63) is 35.4 Å². The van der Waals surface area contributed by atoms with Gasteiger partial charge >= 0.3 is 0 Å². The number of rotatable bonds is 4. The molecule has 0 unspecified atom stereocenters. The SMILES string of the molecule is Cc1ccc(CCNC(=O)C2(N)CC2)cc1.Cl. The van der Waals surface area contributed by atoms with Gasteiger partial charge in [-0.3, -0.25) is 4.79 Å². The third kappa shape index (κ3) is 3.72. The Labute approximate surface area is 108 Å². The van der Waals surface area contributed by atoms with E-state index in [0.717, 1.165) is 19.3 Å². The van der Waals surface area contributed by atoms with Gasteiger partial charge in [-0.2, -0.15) is 0 Å². The molecule has 1 aliphatic carbocycles. The summed E-state index contributed by atoms with van der Waals surface area (Å²) in [5.41, 5.74) is 7.73. The Morgan fingerprint density at radius 2 is 1.94 bits per heavy atom. The standard InChI is InChI=1S/C13H18N2O.ClH/c1-10-2-4-11(5-3-10)6-9-15-12(16)13(14)7-8-13;/h2-5H,6-9,14H2,1H3,(H,15,16);1H. The quantitative estimate of drug-likeness (QED) is 0.857. The van der Waals surface area contributed by atoms with Crippen molar-refractivity contribution in [2.24, 2.45) is 5.73 Å². The third-order valence-corrected chi connectivity index (χ3v) is 3.06. The predicted molar refractivity (Wildman–Crippen MR) is 71.3 cm³/mol. The van der Waals surface area contributed by atoms with E-state index in [4.69, 9.17) is 5.73 Å². The van der Waals surface area contributed by atoms with Crippen LogP contribution in [-0.2, 0) is 11.2 Å². The third-order valence-electron chi connectivity index (χ3n) is 3.06. The molecule has 1 aromatic carbocycles. The van der Waals surface area contributed by atoms with E-state index in [2.05, 4.69) is 36.5 Å². The summed E-state index contributed by atoms with van der Waals surface area (Å²) in [5, 5.41) is 2.88. The molecule has 1 aliphatic rings. The van der Waals surface area contributed by atoms with Gasteiger partial charge in [0, 0.05) is 6.54 Å². The zero-order valence-electron chi connectivity index (χ0n) is 10.0. The molecule has 0 heterocycles. The molecule has 0 bridgehead atoms. The first-order valence-corrected chi connectivity index (χ1v) is 5.73. The maximum absolute atomic E-state index is 11.5. The molecule has 0 saturated heterocycles. The van der Waals surface area contributed by atoms with Crippen molar-refractivity contribution in [3.63, 3.8) is 0 Å².